The average Bonchev–Trinajstić information content (AvgIpc) is 3.30. The molecule has 0 radical (unpaired) electrons. The smallest absolute Gasteiger partial charge is 0.462 e. The molecule has 0 saturated heterocycles. The minimum atomic E-state index is -4.39. The number of carbonyl (C=O) groups is 2. The zero-order chi connectivity index (χ0) is 66.2. The van der Waals surface area contributed by atoms with Crippen LogP contribution in [0.15, 0.2) is 85.1 Å². The summed E-state index contributed by atoms with van der Waals surface area (Å²) in [4.78, 5) is 36.0. The fourth-order valence-electron chi connectivity index (χ4n) is 11.3. The molecule has 2 atom stereocenters. The van der Waals surface area contributed by atoms with Gasteiger partial charge in [-0.3, -0.25) is 18.6 Å². The number of esters is 2. The van der Waals surface area contributed by atoms with Crippen molar-refractivity contribution < 1.29 is 42.1 Å². The highest BCUT2D eigenvalue weighted by Crippen LogP contribution is 2.43. The van der Waals surface area contributed by atoms with Crippen LogP contribution < -0.4 is 0 Å². The number of rotatable bonds is 72. The third-order valence-electron chi connectivity index (χ3n) is 17.2. The molecular weight excluding hydrogens is 1150 g/mol. The molecule has 0 aromatic rings. The van der Waals surface area contributed by atoms with E-state index in [2.05, 4.69) is 98.9 Å². The Morgan fingerprint density at radius 2 is 0.626 bits per heavy atom. The van der Waals surface area contributed by atoms with Crippen LogP contribution in [0.2, 0.25) is 0 Å². The second-order valence-electron chi connectivity index (χ2n) is 27.4. The summed E-state index contributed by atoms with van der Waals surface area (Å²) in [6.45, 7) is 4.38. The maximum atomic E-state index is 12.9. The first-order valence-electron chi connectivity index (χ1n) is 38.8. The first-order chi connectivity index (χ1) is 44.5. The molecule has 0 aliphatic rings. The minimum Gasteiger partial charge on any atom is -0.462 e. The molecule has 0 aromatic carbocycles. The molecular formula is C81H149NO8P+. The van der Waals surface area contributed by atoms with Crippen LogP contribution in [0.25, 0.3) is 0 Å². The van der Waals surface area contributed by atoms with E-state index in [0.717, 1.165) is 77.0 Å². The second kappa shape index (κ2) is 71.5. The summed E-state index contributed by atoms with van der Waals surface area (Å²) in [5.74, 6) is -0.779. The molecule has 0 heterocycles. The van der Waals surface area contributed by atoms with Gasteiger partial charge in [-0.25, -0.2) is 4.57 Å². The number of carbonyl (C=O) groups excluding carboxylic acids is 2. The maximum Gasteiger partial charge on any atom is 0.472 e. The van der Waals surface area contributed by atoms with Crippen molar-refractivity contribution in [1.82, 2.24) is 0 Å². The van der Waals surface area contributed by atoms with Gasteiger partial charge in [-0.2, -0.15) is 0 Å². The topological polar surface area (TPSA) is 108 Å². The Bertz CT molecular complexity index is 1810. The number of likely N-dealkylation sites (N-methyl/N-ethyl adjacent to an activating group) is 1. The molecule has 0 rings (SSSR count). The van der Waals surface area contributed by atoms with Crippen LogP contribution in [-0.4, -0.2) is 74.9 Å². The Morgan fingerprint density at radius 1 is 0.352 bits per heavy atom. The number of phosphoric ester groups is 1. The number of hydrogen-bond acceptors (Lipinski definition) is 7. The van der Waals surface area contributed by atoms with Gasteiger partial charge in [0.25, 0.3) is 0 Å². The lowest BCUT2D eigenvalue weighted by Gasteiger charge is -2.24. The van der Waals surface area contributed by atoms with E-state index in [0.29, 0.717) is 23.9 Å². The molecule has 1 N–H and O–H groups in total. The van der Waals surface area contributed by atoms with Gasteiger partial charge in [-0.1, -0.05) is 369 Å². The van der Waals surface area contributed by atoms with E-state index in [1.54, 1.807) is 0 Å². The number of ether oxygens (including phenoxy) is 2. The summed E-state index contributed by atoms with van der Waals surface area (Å²) in [5, 5.41) is 0. The van der Waals surface area contributed by atoms with Crippen molar-refractivity contribution >= 4 is 19.8 Å². The van der Waals surface area contributed by atoms with Crippen molar-refractivity contribution in [3.63, 3.8) is 0 Å². The van der Waals surface area contributed by atoms with E-state index in [1.165, 1.54) is 257 Å². The van der Waals surface area contributed by atoms with Crippen molar-refractivity contribution in [2.45, 2.75) is 373 Å². The fourth-order valence-corrected chi connectivity index (χ4v) is 12.0. The molecule has 0 aromatic heterocycles. The van der Waals surface area contributed by atoms with Crippen LogP contribution in [0.5, 0.6) is 0 Å². The van der Waals surface area contributed by atoms with E-state index in [1.807, 2.05) is 21.1 Å². The largest absolute Gasteiger partial charge is 0.472 e. The van der Waals surface area contributed by atoms with Gasteiger partial charge in [0.15, 0.2) is 6.10 Å². The summed E-state index contributed by atoms with van der Waals surface area (Å²) < 4.78 is 34.8. The van der Waals surface area contributed by atoms with Crippen LogP contribution in [-0.2, 0) is 32.7 Å². The van der Waals surface area contributed by atoms with Crippen molar-refractivity contribution in [1.29, 1.82) is 0 Å². The van der Waals surface area contributed by atoms with Gasteiger partial charge in [0.2, 0.25) is 0 Å². The normalized spacial score (nSPS) is 13.5. The van der Waals surface area contributed by atoms with E-state index >= 15 is 0 Å². The maximum absolute atomic E-state index is 12.9. The summed E-state index contributed by atoms with van der Waals surface area (Å²) in [6.07, 6.45) is 98.6. The fraction of sp³-hybridized carbons (Fsp3) is 0.802. The minimum absolute atomic E-state index is 0.0325. The molecule has 9 nitrogen and oxygen atoms in total. The highest BCUT2D eigenvalue weighted by Gasteiger charge is 2.27. The van der Waals surface area contributed by atoms with Crippen molar-refractivity contribution in [3.05, 3.63) is 85.1 Å². The van der Waals surface area contributed by atoms with Crippen LogP contribution in [0.3, 0.4) is 0 Å². The van der Waals surface area contributed by atoms with Gasteiger partial charge in [0.1, 0.15) is 19.8 Å². The summed E-state index contributed by atoms with van der Waals surface area (Å²) in [6, 6.07) is 0. The first kappa shape index (κ1) is 88.2. The lowest BCUT2D eigenvalue weighted by molar-refractivity contribution is -0.870. The molecule has 2 unspecified atom stereocenters. The lowest BCUT2D eigenvalue weighted by Crippen LogP contribution is -2.37. The molecule has 0 aliphatic carbocycles. The molecule has 0 saturated carbocycles. The Hall–Kier alpha value is -2.81. The predicted octanol–water partition coefficient (Wildman–Crippen LogP) is 25.7. The summed E-state index contributed by atoms with van der Waals surface area (Å²) in [5.41, 5.74) is 0. The van der Waals surface area contributed by atoms with E-state index in [9.17, 15) is 19.0 Å². The highest BCUT2D eigenvalue weighted by atomic mass is 31.2. The van der Waals surface area contributed by atoms with Crippen LogP contribution >= 0.6 is 7.82 Å². The Balaban J connectivity index is 3.96. The zero-order valence-corrected chi connectivity index (χ0v) is 61.5. The molecule has 0 aliphatic heterocycles. The van der Waals surface area contributed by atoms with Crippen molar-refractivity contribution in [3.8, 4) is 0 Å². The van der Waals surface area contributed by atoms with Gasteiger partial charge < -0.3 is 18.9 Å². The van der Waals surface area contributed by atoms with Crippen LogP contribution in [0.1, 0.15) is 367 Å². The molecule has 10 heteroatoms. The quantitative estimate of drug-likeness (QED) is 0.0211. The van der Waals surface area contributed by atoms with Crippen LogP contribution in [0, 0.1) is 0 Å². The van der Waals surface area contributed by atoms with Gasteiger partial charge in [0, 0.05) is 12.8 Å². The SMILES string of the molecule is CC/C=C\C/C=C\C/C=C\C/C=C\C/C=C\C/C=C\C/C=C\CCCCCCCCCCCCCCCCCCCC(=O)OC(COC(=O)CCCCCCCCCCCCCCCCCCCCCCCCCCCCCC)COP(=O)(O)OCC[N+](C)(C)C. The number of phosphoric acid groups is 1. The van der Waals surface area contributed by atoms with Gasteiger partial charge in [-0.15, -0.1) is 0 Å². The second-order valence-corrected chi connectivity index (χ2v) is 28.8. The molecule has 0 amide bonds. The third-order valence-corrected chi connectivity index (χ3v) is 18.2. The molecule has 91 heavy (non-hydrogen) atoms. The number of unbranched alkanes of at least 4 members (excludes halogenated alkanes) is 44. The standard InChI is InChI=1S/C81H148NO8P/c1-6-8-10-12-14-16-18-20-22-24-26-28-30-32-34-36-37-38-39-40-41-42-43-44-45-46-48-50-52-54-56-58-60-62-64-66-68-70-72-74-81(84)90-79(78-89-91(85,86)88-76-75-82(3,4)5)77-87-80(83)73-71-69-67-65-63-61-59-57-55-53-51-49-47-35-33-31-29-27-25-23-21-19-17-15-13-11-9-7-2/h8,10,14,16,20,22,26,28,32,34,37-38,40-41,79H,6-7,9,11-13,15,17-19,21,23-25,27,29-31,33,35-36,39,42-78H2,1-5H3/p+1/b10-8-,16-14-,22-20-,28-26-,34-32-,38-37-,41-40-. The summed E-state index contributed by atoms with van der Waals surface area (Å²) >= 11 is 0. The van der Waals surface area contributed by atoms with E-state index in [4.69, 9.17) is 18.5 Å². The third kappa shape index (κ3) is 76.1. The van der Waals surface area contributed by atoms with Gasteiger partial charge in [0.05, 0.1) is 27.7 Å². The summed E-state index contributed by atoms with van der Waals surface area (Å²) in [7, 11) is 1.49. The first-order valence-corrected chi connectivity index (χ1v) is 40.3. The number of quaternary nitrogens is 1. The lowest BCUT2D eigenvalue weighted by atomic mass is 10.0. The molecule has 0 bridgehead atoms. The zero-order valence-electron chi connectivity index (χ0n) is 60.6. The Morgan fingerprint density at radius 3 is 0.934 bits per heavy atom. The van der Waals surface area contributed by atoms with Crippen molar-refractivity contribution in [2.24, 2.45) is 0 Å². The number of hydrogen-bond donors (Lipinski definition) is 1. The van der Waals surface area contributed by atoms with Crippen LogP contribution in [0.4, 0.5) is 0 Å². The molecule has 0 spiro atoms. The van der Waals surface area contributed by atoms with Gasteiger partial charge >= 0.3 is 19.8 Å². The average molecular weight is 1300 g/mol. The predicted molar refractivity (Wildman–Crippen MR) is 395 cm³/mol. The number of allylic oxidation sites excluding steroid dienone is 14. The Kier molecular flexibility index (Phi) is 69.3. The monoisotopic (exact) mass is 1300 g/mol. The van der Waals surface area contributed by atoms with Crippen molar-refractivity contribution in [2.75, 3.05) is 47.5 Å². The number of nitrogens with zero attached hydrogens (tertiary/aromatic N) is 1. The highest BCUT2D eigenvalue weighted by molar-refractivity contribution is 7.47. The van der Waals surface area contributed by atoms with E-state index in [-0.39, 0.29) is 25.6 Å². The molecule has 530 valence electrons. The van der Waals surface area contributed by atoms with Gasteiger partial charge in [-0.05, 0) is 70.6 Å². The van der Waals surface area contributed by atoms with E-state index < -0.39 is 26.5 Å². The Labute approximate surface area is 564 Å². The molecule has 0 fully saturated rings.